The number of hydrogen-bond acceptors (Lipinski definition) is 3. The normalized spacial score (nSPS) is 11.5. The highest BCUT2D eigenvalue weighted by Crippen LogP contribution is 2.15. The largest absolute Gasteiger partial charge is 0.508 e. The summed E-state index contributed by atoms with van der Waals surface area (Å²) in [5, 5.41) is 13.3. The highest BCUT2D eigenvalue weighted by Gasteiger charge is 2.05. The fourth-order valence-electron chi connectivity index (χ4n) is 1.99. The highest BCUT2D eigenvalue weighted by atomic mass is 16.3. The minimum absolute atomic E-state index is 0.126. The third-order valence-corrected chi connectivity index (χ3v) is 3.45. The molecule has 4 nitrogen and oxygen atoms in total. The lowest BCUT2D eigenvalue weighted by Gasteiger charge is -2.07. The molecule has 0 spiro atoms. The van der Waals surface area contributed by atoms with Gasteiger partial charge in [-0.25, -0.2) is 5.43 Å². The Kier molecular flexibility index (Phi) is 4.94. The summed E-state index contributed by atoms with van der Waals surface area (Å²) in [5.41, 5.74) is 5.94. The zero-order valence-electron chi connectivity index (χ0n) is 13.0. The zero-order valence-corrected chi connectivity index (χ0v) is 13.0. The Hall–Kier alpha value is -2.62. The molecule has 2 rings (SSSR count). The van der Waals surface area contributed by atoms with Crippen molar-refractivity contribution in [2.24, 2.45) is 5.10 Å². The maximum absolute atomic E-state index is 11.9. The lowest BCUT2D eigenvalue weighted by Crippen LogP contribution is -2.19. The molecule has 1 amide bonds. The molecule has 114 valence electrons. The quantitative estimate of drug-likeness (QED) is 0.668. The van der Waals surface area contributed by atoms with Crippen molar-refractivity contribution < 1.29 is 9.90 Å². The standard InChI is InChI=1S/C18H20N2O2/c1-12(2)14-4-6-15(7-5-14)13(3)19-20-18(22)16-8-10-17(21)11-9-16/h4-12,21H,1-3H3,(H,20,22)/b19-13-. The molecular weight excluding hydrogens is 276 g/mol. The molecule has 0 aliphatic carbocycles. The fourth-order valence-corrected chi connectivity index (χ4v) is 1.99. The van der Waals surface area contributed by atoms with Crippen LogP contribution < -0.4 is 5.43 Å². The van der Waals surface area contributed by atoms with Crippen LogP contribution in [0.3, 0.4) is 0 Å². The van der Waals surface area contributed by atoms with Crippen LogP contribution in [0.5, 0.6) is 5.75 Å². The van der Waals surface area contributed by atoms with Gasteiger partial charge < -0.3 is 5.11 Å². The Morgan fingerprint density at radius 3 is 2.09 bits per heavy atom. The van der Waals surface area contributed by atoms with Crippen LogP contribution in [0, 0.1) is 0 Å². The van der Waals surface area contributed by atoms with Crippen LogP contribution in [0.25, 0.3) is 0 Å². The Morgan fingerprint density at radius 2 is 1.55 bits per heavy atom. The predicted octanol–water partition coefficient (Wildman–Crippen LogP) is 3.67. The van der Waals surface area contributed by atoms with Gasteiger partial charge in [0.1, 0.15) is 5.75 Å². The van der Waals surface area contributed by atoms with E-state index in [1.807, 2.05) is 19.1 Å². The molecule has 0 radical (unpaired) electrons. The van der Waals surface area contributed by atoms with E-state index < -0.39 is 0 Å². The van der Waals surface area contributed by atoms with Gasteiger partial charge in [-0.3, -0.25) is 4.79 Å². The summed E-state index contributed by atoms with van der Waals surface area (Å²) < 4.78 is 0. The Morgan fingerprint density at radius 1 is 1.00 bits per heavy atom. The van der Waals surface area contributed by atoms with Crippen LogP contribution in [-0.4, -0.2) is 16.7 Å². The van der Waals surface area contributed by atoms with Crippen LogP contribution in [-0.2, 0) is 0 Å². The summed E-state index contributed by atoms with van der Waals surface area (Å²) >= 11 is 0. The molecule has 0 heterocycles. The second-order valence-corrected chi connectivity index (χ2v) is 5.46. The molecule has 2 aromatic rings. The van der Waals surface area contributed by atoms with Crippen LogP contribution in [0.15, 0.2) is 53.6 Å². The van der Waals surface area contributed by atoms with Crippen molar-refractivity contribution >= 4 is 11.6 Å². The van der Waals surface area contributed by atoms with Gasteiger partial charge in [0.25, 0.3) is 5.91 Å². The second kappa shape index (κ2) is 6.89. The number of nitrogens with one attached hydrogen (secondary N) is 1. The van der Waals surface area contributed by atoms with Crippen LogP contribution in [0.2, 0.25) is 0 Å². The minimum Gasteiger partial charge on any atom is -0.508 e. The molecule has 0 bridgehead atoms. The van der Waals surface area contributed by atoms with Crippen LogP contribution in [0.1, 0.15) is 48.2 Å². The molecule has 2 aromatic carbocycles. The number of benzene rings is 2. The average molecular weight is 296 g/mol. The smallest absolute Gasteiger partial charge is 0.271 e. The molecule has 0 saturated heterocycles. The highest BCUT2D eigenvalue weighted by molar-refractivity contribution is 6.00. The van der Waals surface area contributed by atoms with E-state index >= 15 is 0 Å². The molecule has 2 N–H and O–H groups in total. The van der Waals surface area contributed by atoms with E-state index in [4.69, 9.17) is 0 Å². The van der Waals surface area contributed by atoms with Gasteiger partial charge in [0.2, 0.25) is 0 Å². The first-order chi connectivity index (χ1) is 10.5. The van der Waals surface area contributed by atoms with Crippen LogP contribution >= 0.6 is 0 Å². The van der Waals surface area contributed by atoms with Crippen molar-refractivity contribution in [1.29, 1.82) is 0 Å². The monoisotopic (exact) mass is 296 g/mol. The van der Waals surface area contributed by atoms with Gasteiger partial charge in [0, 0.05) is 5.56 Å². The number of hydrogen-bond donors (Lipinski definition) is 2. The van der Waals surface area contributed by atoms with Gasteiger partial charge in [-0.15, -0.1) is 0 Å². The van der Waals surface area contributed by atoms with Crippen molar-refractivity contribution in [2.75, 3.05) is 0 Å². The van der Waals surface area contributed by atoms with Gasteiger partial charge in [-0.05, 0) is 48.2 Å². The lowest BCUT2D eigenvalue weighted by atomic mass is 10.0. The predicted molar refractivity (Wildman–Crippen MR) is 88.3 cm³/mol. The minimum atomic E-state index is -0.307. The van der Waals surface area contributed by atoms with Crippen molar-refractivity contribution in [3.05, 3.63) is 65.2 Å². The molecule has 0 atom stereocenters. The number of rotatable bonds is 4. The molecule has 0 saturated carbocycles. The maximum Gasteiger partial charge on any atom is 0.271 e. The van der Waals surface area contributed by atoms with E-state index in [1.165, 1.54) is 17.7 Å². The van der Waals surface area contributed by atoms with E-state index in [1.54, 1.807) is 12.1 Å². The van der Waals surface area contributed by atoms with Gasteiger partial charge in [-0.2, -0.15) is 5.10 Å². The second-order valence-electron chi connectivity index (χ2n) is 5.46. The number of amides is 1. The molecule has 4 heteroatoms. The van der Waals surface area contributed by atoms with Crippen molar-refractivity contribution in [1.82, 2.24) is 5.43 Å². The van der Waals surface area contributed by atoms with Crippen LogP contribution in [0.4, 0.5) is 0 Å². The molecule has 0 aromatic heterocycles. The average Bonchev–Trinajstić information content (AvgIpc) is 2.53. The summed E-state index contributed by atoms with van der Waals surface area (Å²) in [6.45, 7) is 6.14. The number of carbonyl (C=O) groups is 1. The summed E-state index contributed by atoms with van der Waals surface area (Å²) in [4.78, 5) is 11.9. The maximum atomic E-state index is 11.9. The zero-order chi connectivity index (χ0) is 16.1. The van der Waals surface area contributed by atoms with Crippen molar-refractivity contribution in [2.45, 2.75) is 26.7 Å². The Balaban J connectivity index is 2.05. The van der Waals surface area contributed by atoms with Gasteiger partial charge in [0.05, 0.1) is 5.71 Å². The number of phenols is 1. The van der Waals surface area contributed by atoms with Crippen molar-refractivity contribution in [3.63, 3.8) is 0 Å². The first kappa shape index (κ1) is 15.8. The molecule has 0 fully saturated rings. The number of aromatic hydroxyl groups is 1. The Bertz CT molecular complexity index is 671. The van der Waals surface area contributed by atoms with E-state index in [0.717, 1.165) is 11.3 Å². The van der Waals surface area contributed by atoms with E-state index in [9.17, 15) is 9.90 Å². The SMILES string of the molecule is C/C(=N/NC(=O)c1ccc(O)cc1)c1ccc(C(C)C)cc1. The van der Waals surface area contributed by atoms with Gasteiger partial charge in [-0.1, -0.05) is 38.1 Å². The van der Waals surface area contributed by atoms with E-state index in [0.29, 0.717) is 11.5 Å². The number of carbonyl (C=O) groups excluding carboxylic acids is 1. The van der Waals surface area contributed by atoms with Gasteiger partial charge >= 0.3 is 0 Å². The summed E-state index contributed by atoms with van der Waals surface area (Å²) in [6, 6.07) is 14.2. The number of phenolic OH excluding ortho intramolecular Hbond substituents is 1. The lowest BCUT2D eigenvalue weighted by molar-refractivity contribution is 0.0955. The summed E-state index contributed by atoms with van der Waals surface area (Å²) in [7, 11) is 0. The molecular formula is C18H20N2O2. The van der Waals surface area contributed by atoms with Gasteiger partial charge in [0.15, 0.2) is 0 Å². The Labute approximate surface area is 130 Å². The van der Waals surface area contributed by atoms with E-state index in [2.05, 4.69) is 36.5 Å². The molecule has 0 unspecified atom stereocenters. The third-order valence-electron chi connectivity index (χ3n) is 3.45. The first-order valence-electron chi connectivity index (χ1n) is 7.21. The number of nitrogens with zero attached hydrogens (tertiary/aromatic N) is 1. The summed E-state index contributed by atoms with van der Waals surface area (Å²) in [5.74, 6) is 0.306. The first-order valence-corrected chi connectivity index (χ1v) is 7.21. The molecule has 0 aliphatic heterocycles. The molecule has 0 aliphatic rings. The molecule has 22 heavy (non-hydrogen) atoms. The summed E-state index contributed by atoms with van der Waals surface area (Å²) in [6.07, 6.45) is 0. The van der Waals surface area contributed by atoms with E-state index in [-0.39, 0.29) is 11.7 Å². The van der Waals surface area contributed by atoms with Crippen molar-refractivity contribution in [3.8, 4) is 5.75 Å². The fraction of sp³-hybridized carbons (Fsp3) is 0.222. The topological polar surface area (TPSA) is 61.7 Å². The number of hydrazone groups is 1. The third kappa shape index (κ3) is 3.95.